The molecule has 2 aromatic carbocycles. The molecule has 0 aliphatic carbocycles. The molecule has 0 unspecified atom stereocenters. The summed E-state index contributed by atoms with van der Waals surface area (Å²) in [6.07, 6.45) is 5.14. The third-order valence-electron chi connectivity index (χ3n) is 3.26. The second-order valence-corrected chi connectivity index (χ2v) is 7.63. The molecule has 2 rings (SSSR count). The van der Waals surface area contributed by atoms with Crippen molar-refractivity contribution in [3.05, 3.63) is 52.5 Å². The molecule has 136 valence electrons. The fourth-order valence-electron chi connectivity index (χ4n) is 2.16. The van der Waals surface area contributed by atoms with Gasteiger partial charge in [0.2, 0.25) is 0 Å². The summed E-state index contributed by atoms with van der Waals surface area (Å²) in [5.41, 5.74) is 0.309. The van der Waals surface area contributed by atoms with Crippen molar-refractivity contribution >= 4 is 37.5 Å². The lowest BCUT2D eigenvalue weighted by Gasteiger charge is -2.15. The third kappa shape index (κ3) is 4.77. The average Bonchev–Trinajstić information content (AvgIpc) is 2.61. The molecule has 6 nitrogen and oxygen atoms in total. The lowest BCUT2D eigenvalue weighted by Crippen LogP contribution is -2.25. The van der Waals surface area contributed by atoms with Gasteiger partial charge in [-0.05, 0) is 37.3 Å². The van der Waals surface area contributed by atoms with Gasteiger partial charge in [-0.3, -0.25) is 9.52 Å². The number of rotatable bonds is 7. The van der Waals surface area contributed by atoms with Crippen molar-refractivity contribution in [2.24, 2.45) is 0 Å². The molecule has 0 aliphatic rings. The lowest BCUT2D eigenvalue weighted by molar-refractivity contribution is 0.0959. The molecule has 2 N–H and O–H groups in total. The number of terminal acetylenes is 1. The number of ether oxygens (including phenoxy) is 1. The van der Waals surface area contributed by atoms with Crippen LogP contribution in [0.2, 0.25) is 0 Å². The number of carbonyl (C=O) groups excluding carboxylic acids is 1. The average molecular weight is 437 g/mol. The number of anilines is 1. The van der Waals surface area contributed by atoms with Crippen LogP contribution < -0.4 is 14.8 Å². The number of sulfonamides is 1. The number of halogens is 1. The summed E-state index contributed by atoms with van der Waals surface area (Å²) in [6.45, 7) is 2.12. The minimum Gasteiger partial charge on any atom is -0.492 e. The Labute approximate surface area is 161 Å². The first kappa shape index (κ1) is 19.8. The normalized spacial score (nSPS) is 10.7. The van der Waals surface area contributed by atoms with Crippen LogP contribution in [0.1, 0.15) is 17.3 Å². The summed E-state index contributed by atoms with van der Waals surface area (Å²) in [4.78, 5) is 12.2. The van der Waals surface area contributed by atoms with Gasteiger partial charge in [0.05, 0.1) is 24.4 Å². The minimum absolute atomic E-state index is 0.0347. The van der Waals surface area contributed by atoms with Gasteiger partial charge in [-0.1, -0.05) is 34.0 Å². The van der Waals surface area contributed by atoms with Crippen molar-refractivity contribution in [3.63, 3.8) is 0 Å². The van der Waals surface area contributed by atoms with Gasteiger partial charge in [0, 0.05) is 4.47 Å². The van der Waals surface area contributed by atoms with E-state index in [-0.39, 0.29) is 28.4 Å². The highest BCUT2D eigenvalue weighted by atomic mass is 79.9. The van der Waals surface area contributed by atoms with Crippen molar-refractivity contribution in [1.82, 2.24) is 5.32 Å². The molecule has 0 saturated carbocycles. The Morgan fingerprint density at radius 1 is 1.27 bits per heavy atom. The fourth-order valence-corrected chi connectivity index (χ4v) is 3.93. The summed E-state index contributed by atoms with van der Waals surface area (Å²) in [6, 6.07) is 11.0. The third-order valence-corrected chi connectivity index (χ3v) is 5.14. The standard InChI is InChI=1S/C18H17BrN2O4S/c1-3-11-20-18(22)14-7-5-6-8-15(14)21-26(23,24)17-12-13(19)9-10-16(17)25-4-2/h1,5-10,12,21H,4,11H2,2H3,(H,20,22). The van der Waals surface area contributed by atoms with E-state index in [1.165, 1.54) is 18.2 Å². The molecule has 0 saturated heterocycles. The van der Waals surface area contributed by atoms with E-state index < -0.39 is 15.9 Å². The molecule has 0 spiro atoms. The van der Waals surface area contributed by atoms with Crippen molar-refractivity contribution in [1.29, 1.82) is 0 Å². The van der Waals surface area contributed by atoms with Crippen LogP contribution in [0.3, 0.4) is 0 Å². The molecule has 8 heteroatoms. The highest BCUT2D eigenvalue weighted by Gasteiger charge is 2.22. The number of hydrogen-bond acceptors (Lipinski definition) is 4. The predicted octanol–water partition coefficient (Wildman–Crippen LogP) is 3.01. The zero-order chi connectivity index (χ0) is 19.2. The van der Waals surface area contributed by atoms with Crippen LogP contribution in [-0.4, -0.2) is 27.5 Å². The predicted molar refractivity (Wildman–Crippen MR) is 104 cm³/mol. The molecule has 1 amide bonds. The summed E-state index contributed by atoms with van der Waals surface area (Å²) >= 11 is 3.26. The zero-order valence-corrected chi connectivity index (χ0v) is 16.4. The van der Waals surface area contributed by atoms with Crippen molar-refractivity contribution in [3.8, 4) is 18.1 Å². The number of amides is 1. The monoisotopic (exact) mass is 436 g/mol. The number of carbonyl (C=O) groups is 1. The first-order valence-electron chi connectivity index (χ1n) is 7.65. The molecule has 26 heavy (non-hydrogen) atoms. The maximum Gasteiger partial charge on any atom is 0.265 e. The topological polar surface area (TPSA) is 84.5 Å². The molecule has 0 aliphatic heterocycles. The molecular formula is C18H17BrN2O4S. The lowest BCUT2D eigenvalue weighted by atomic mass is 10.2. The fraction of sp³-hybridized carbons (Fsp3) is 0.167. The van der Waals surface area contributed by atoms with Crippen LogP contribution in [0.25, 0.3) is 0 Å². The zero-order valence-electron chi connectivity index (χ0n) is 14.0. The molecular weight excluding hydrogens is 420 g/mol. The highest BCUT2D eigenvalue weighted by Crippen LogP contribution is 2.30. The van der Waals surface area contributed by atoms with Crippen LogP contribution in [0.4, 0.5) is 5.69 Å². The van der Waals surface area contributed by atoms with Gasteiger partial charge in [-0.2, -0.15) is 0 Å². The molecule has 0 heterocycles. The van der Waals surface area contributed by atoms with Gasteiger partial charge < -0.3 is 10.1 Å². The number of para-hydroxylation sites is 1. The van der Waals surface area contributed by atoms with E-state index in [0.717, 1.165) is 0 Å². The van der Waals surface area contributed by atoms with Gasteiger partial charge in [0.15, 0.2) is 0 Å². The van der Waals surface area contributed by atoms with E-state index >= 15 is 0 Å². The van der Waals surface area contributed by atoms with Gasteiger partial charge in [0.1, 0.15) is 10.6 Å². The SMILES string of the molecule is C#CCNC(=O)c1ccccc1NS(=O)(=O)c1cc(Br)ccc1OCC. The summed E-state index contributed by atoms with van der Waals surface area (Å²) in [5, 5.41) is 2.51. The Hall–Kier alpha value is -2.50. The van der Waals surface area contributed by atoms with Crippen LogP contribution >= 0.6 is 15.9 Å². The van der Waals surface area contributed by atoms with Crippen LogP contribution in [0, 0.1) is 12.3 Å². The second-order valence-electron chi connectivity index (χ2n) is 5.06. The van der Waals surface area contributed by atoms with Gasteiger partial charge in [-0.15, -0.1) is 6.42 Å². The van der Waals surface area contributed by atoms with Crippen molar-refractivity contribution in [2.45, 2.75) is 11.8 Å². The van der Waals surface area contributed by atoms with Crippen molar-refractivity contribution in [2.75, 3.05) is 17.9 Å². The first-order chi connectivity index (χ1) is 12.4. The first-order valence-corrected chi connectivity index (χ1v) is 9.92. The summed E-state index contributed by atoms with van der Waals surface area (Å²) < 4.78 is 34.2. The largest absolute Gasteiger partial charge is 0.492 e. The van der Waals surface area contributed by atoms with E-state index in [0.29, 0.717) is 11.1 Å². The maximum atomic E-state index is 12.9. The summed E-state index contributed by atoms with van der Waals surface area (Å²) in [5.74, 6) is 2.05. The van der Waals surface area contributed by atoms with Crippen LogP contribution in [-0.2, 0) is 10.0 Å². The van der Waals surface area contributed by atoms with Crippen molar-refractivity contribution < 1.29 is 17.9 Å². The Bertz CT molecular complexity index is 952. The number of hydrogen-bond donors (Lipinski definition) is 2. The molecule has 0 atom stereocenters. The van der Waals surface area contributed by atoms with Gasteiger partial charge >= 0.3 is 0 Å². The Balaban J connectivity index is 2.41. The van der Waals surface area contributed by atoms with E-state index in [9.17, 15) is 13.2 Å². The van der Waals surface area contributed by atoms with Gasteiger partial charge in [0.25, 0.3) is 15.9 Å². The Morgan fingerprint density at radius 2 is 2.00 bits per heavy atom. The Kier molecular flexibility index (Phi) is 6.66. The molecule has 2 aromatic rings. The highest BCUT2D eigenvalue weighted by molar-refractivity contribution is 9.10. The quantitative estimate of drug-likeness (QED) is 0.653. The maximum absolute atomic E-state index is 12.9. The van der Waals surface area contributed by atoms with Crippen LogP contribution in [0.5, 0.6) is 5.75 Å². The number of nitrogens with one attached hydrogen (secondary N) is 2. The molecule has 0 bridgehead atoms. The van der Waals surface area contributed by atoms with E-state index in [1.807, 2.05) is 0 Å². The second kappa shape index (κ2) is 8.74. The Morgan fingerprint density at radius 3 is 2.69 bits per heavy atom. The minimum atomic E-state index is -3.99. The molecule has 0 aromatic heterocycles. The van der Waals surface area contributed by atoms with E-state index in [2.05, 4.69) is 31.9 Å². The summed E-state index contributed by atoms with van der Waals surface area (Å²) in [7, 11) is -3.99. The van der Waals surface area contributed by atoms with E-state index in [1.54, 1.807) is 31.2 Å². The van der Waals surface area contributed by atoms with E-state index in [4.69, 9.17) is 11.2 Å². The molecule has 0 radical (unpaired) electrons. The number of benzene rings is 2. The van der Waals surface area contributed by atoms with Gasteiger partial charge in [-0.25, -0.2) is 8.42 Å². The smallest absolute Gasteiger partial charge is 0.265 e. The molecule has 0 fully saturated rings. The van der Waals surface area contributed by atoms with Crippen LogP contribution in [0.15, 0.2) is 51.8 Å².